The van der Waals surface area contributed by atoms with Crippen molar-refractivity contribution in [2.24, 2.45) is 0 Å². The third kappa shape index (κ3) is 3.10. The van der Waals surface area contributed by atoms with Gasteiger partial charge in [-0.3, -0.25) is 4.79 Å². The van der Waals surface area contributed by atoms with Gasteiger partial charge in [0.05, 0.1) is 17.8 Å². The van der Waals surface area contributed by atoms with Gasteiger partial charge in [-0.05, 0) is 51.9 Å². The first-order valence-corrected chi connectivity index (χ1v) is 9.05. The molecule has 4 rings (SSSR count). The van der Waals surface area contributed by atoms with Crippen molar-refractivity contribution < 1.29 is 9.21 Å². The summed E-state index contributed by atoms with van der Waals surface area (Å²) < 4.78 is 7.72. The standard InChI is InChI=1S/C19H23N5O2/c1-12(17-11-14-5-3-4-6-16(14)26-17)21-19(25)18-13(2)24(23-22-18)15-7-9-20-10-8-15/h3-6,11-12,15,20H,7-10H2,1-2H3,(H,21,25). The number of fused-ring (bicyclic) bond motifs is 1. The van der Waals surface area contributed by atoms with Crippen molar-refractivity contribution in [3.63, 3.8) is 0 Å². The van der Waals surface area contributed by atoms with E-state index in [0.717, 1.165) is 48.4 Å². The van der Waals surface area contributed by atoms with E-state index in [0.29, 0.717) is 11.7 Å². The van der Waals surface area contributed by atoms with Gasteiger partial charge in [-0.15, -0.1) is 5.10 Å². The summed E-state index contributed by atoms with van der Waals surface area (Å²) in [6, 6.07) is 9.82. The molecule has 1 fully saturated rings. The van der Waals surface area contributed by atoms with Gasteiger partial charge in [-0.2, -0.15) is 0 Å². The van der Waals surface area contributed by atoms with E-state index in [2.05, 4.69) is 20.9 Å². The molecule has 1 aliphatic rings. The number of benzene rings is 1. The maximum Gasteiger partial charge on any atom is 0.274 e. The van der Waals surface area contributed by atoms with E-state index in [1.165, 1.54) is 0 Å². The van der Waals surface area contributed by atoms with E-state index in [4.69, 9.17) is 4.42 Å². The first kappa shape index (κ1) is 16.8. The Hall–Kier alpha value is -2.67. The molecule has 1 aliphatic heterocycles. The van der Waals surface area contributed by atoms with Gasteiger partial charge in [-0.1, -0.05) is 23.4 Å². The van der Waals surface area contributed by atoms with E-state index < -0.39 is 0 Å². The second kappa shape index (κ2) is 6.92. The molecule has 136 valence electrons. The summed E-state index contributed by atoms with van der Waals surface area (Å²) in [6.07, 6.45) is 2.00. The molecule has 0 aliphatic carbocycles. The molecular formula is C19H23N5O2. The number of piperidine rings is 1. The van der Waals surface area contributed by atoms with Gasteiger partial charge >= 0.3 is 0 Å². The molecule has 0 spiro atoms. The number of carbonyl (C=O) groups excluding carboxylic acids is 1. The normalized spacial score (nSPS) is 16.7. The highest BCUT2D eigenvalue weighted by atomic mass is 16.3. The topological polar surface area (TPSA) is 85.0 Å². The van der Waals surface area contributed by atoms with Gasteiger partial charge in [0.2, 0.25) is 0 Å². The summed E-state index contributed by atoms with van der Waals surface area (Å²) in [5.41, 5.74) is 2.01. The van der Waals surface area contributed by atoms with Crippen molar-refractivity contribution in [3.8, 4) is 0 Å². The number of furan rings is 1. The minimum Gasteiger partial charge on any atom is -0.459 e. The quantitative estimate of drug-likeness (QED) is 0.753. The summed E-state index contributed by atoms with van der Waals surface area (Å²) in [5.74, 6) is 0.499. The van der Waals surface area contributed by atoms with Gasteiger partial charge in [-0.25, -0.2) is 4.68 Å². The molecule has 0 bridgehead atoms. The summed E-state index contributed by atoms with van der Waals surface area (Å²) in [6.45, 7) is 5.74. The lowest BCUT2D eigenvalue weighted by atomic mass is 10.1. The van der Waals surface area contributed by atoms with Crippen LogP contribution in [-0.4, -0.2) is 34.0 Å². The Kier molecular flexibility index (Phi) is 4.46. The van der Waals surface area contributed by atoms with Crippen molar-refractivity contribution in [3.05, 3.63) is 47.5 Å². The van der Waals surface area contributed by atoms with Crippen LogP contribution in [0.4, 0.5) is 0 Å². The lowest BCUT2D eigenvalue weighted by molar-refractivity contribution is 0.0930. The number of amides is 1. The molecular weight excluding hydrogens is 330 g/mol. The number of hydrogen-bond acceptors (Lipinski definition) is 5. The van der Waals surface area contributed by atoms with Crippen LogP contribution < -0.4 is 10.6 Å². The number of hydrogen-bond donors (Lipinski definition) is 2. The summed E-state index contributed by atoms with van der Waals surface area (Å²) in [7, 11) is 0. The highest BCUT2D eigenvalue weighted by Gasteiger charge is 2.24. The highest BCUT2D eigenvalue weighted by Crippen LogP contribution is 2.24. The molecule has 1 atom stereocenters. The van der Waals surface area contributed by atoms with E-state index in [9.17, 15) is 4.79 Å². The fourth-order valence-electron chi connectivity index (χ4n) is 3.50. The van der Waals surface area contributed by atoms with Crippen LogP contribution in [0.15, 0.2) is 34.7 Å². The van der Waals surface area contributed by atoms with Crippen molar-refractivity contribution >= 4 is 16.9 Å². The monoisotopic (exact) mass is 353 g/mol. The number of rotatable bonds is 4. The lowest BCUT2D eigenvalue weighted by Gasteiger charge is -2.23. The molecule has 2 aromatic heterocycles. The molecule has 26 heavy (non-hydrogen) atoms. The molecule has 7 nitrogen and oxygen atoms in total. The molecule has 1 saturated heterocycles. The van der Waals surface area contributed by atoms with Crippen LogP contribution in [0.5, 0.6) is 0 Å². The third-order valence-corrected chi connectivity index (χ3v) is 5.02. The molecule has 7 heteroatoms. The van der Waals surface area contributed by atoms with E-state index >= 15 is 0 Å². The van der Waals surface area contributed by atoms with Crippen molar-refractivity contribution in [2.75, 3.05) is 13.1 Å². The van der Waals surface area contributed by atoms with Crippen LogP contribution in [-0.2, 0) is 0 Å². The smallest absolute Gasteiger partial charge is 0.274 e. The average Bonchev–Trinajstić information content (AvgIpc) is 3.26. The molecule has 1 amide bonds. The van der Waals surface area contributed by atoms with Crippen molar-refractivity contribution in [1.82, 2.24) is 25.6 Å². The molecule has 0 radical (unpaired) electrons. The predicted octanol–water partition coefficient (Wildman–Crippen LogP) is 2.75. The van der Waals surface area contributed by atoms with Gasteiger partial charge in [0, 0.05) is 5.39 Å². The van der Waals surface area contributed by atoms with Crippen molar-refractivity contribution in [2.45, 2.75) is 38.8 Å². The maximum absolute atomic E-state index is 12.7. The van der Waals surface area contributed by atoms with Gasteiger partial charge in [0.15, 0.2) is 5.69 Å². The second-order valence-electron chi connectivity index (χ2n) is 6.83. The van der Waals surface area contributed by atoms with Gasteiger partial charge < -0.3 is 15.1 Å². The molecule has 0 saturated carbocycles. The number of nitrogens with one attached hydrogen (secondary N) is 2. The second-order valence-corrected chi connectivity index (χ2v) is 6.83. The minimum atomic E-state index is -0.252. The van der Waals surface area contributed by atoms with E-state index in [-0.39, 0.29) is 11.9 Å². The minimum absolute atomic E-state index is 0.226. The Labute approximate surface area is 151 Å². The summed E-state index contributed by atoms with van der Waals surface area (Å²) in [5, 5.41) is 15.7. The number of para-hydroxylation sites is 1. The van der Waals surface area contributed by atoms with Crippen LogP contribution in [0.3, 0.4) is 0 Å². The molecule has 1 aromatic carbocycles. The SMILES string of the molecule is Cc1c(C(=O)NC(C)c2cc3ccccc3o2)nnn1C1CCNCC1. The fourth-order valence-corrected chi connectivity index (χ4v) is 3.50. The number of nitrogens with zero attached hydrogens (tertiary/aromatic N) is 3. The van der Waals surface area contributed by atoms with Crippen LogP contribution in [0, 0.1) is 6.92 Å². The van der Waals surface area contributed by atoms with Gasteiger partial charge in [0.1, 0.15) is 11.3 Å². The zero-order valence-corrected chi connectivity index (χ0v) is 15.0. The zero-order valence-electron chi connectivity index (χ0n) is 15.0. The van der Waals surface area contributed by atoms with Crippen LogP contribution in [0.25, 0.3) is 11.0 Å². The molecule has 3 aromatic rings. The predicted molar refractivity (Wildman–Crippen MR) is 98.0 cm³/mol. The van der Waals surface area contributed by atoms with E-state index in [1.54, 1.807) is 0 Å². The summed E-state index contributed by atoms with van der Waals surface area (Å²) >= 11 is 0. The van der Waals surface area contributed by atoms with E-state index in [1.807, 2.05) is 48.9 Å². The third-order valence-electron chi connectivity index (χ3n) is 5.02. The maximum atomic E-state index is 12.7. The van der Waals surface area contributed by atoms with Crippen LogP contribution in [0.1, 0.15) is 53.8 Å². The number of carbonyl (C=O) groups is 1. The Bertz CT molecular complexity index is 890. The number of aromatic nitrogens is 3. The largest absolute Gasteiger partial charge is 0.459 e. The lowest BCUT2D eigenvalue weighted by Crippen LogP contribution is -2.30. The Balaban J connectivity index is 1.50. The van der Waals surface area contributed by atoms with Crippen LogP contribution in [0.2, 0.25) is 0 Å². The van der Waals surface area contributed by atoms with Gasteiger partial charge in [0.25, 0.3) is 5.91 Å². The molecule has 1 unspecified atom stereocenters. The van der Waals surface area contributed by atoms with Crippen molar-refractivity contribution in [1.29, 1.82) is 0 Å². The molecule has 2 N–H and O–H groups in total. The zero-order chi connectivity index (χ0) is 18.1. The molecule has 3 heterocycles. The average molecular weight is 353 g/mol. The Morgan fingerprint density at radius 2 is 2.12 bits per heavy atom. The highest BCUT2D eigenvalue weighted by molar-refractivity contribution is 5.93. The Morgan fingerprint density at radius 1 is 1.35 bits per heavy atom. The first-order chi connectivity index (χ1) is 12.6. The van der Waals surface area contributed by atoms with Crippen LogP contribution >= 0.6 is 0 Å². The fraction of sp³-hybridized carbons (Fsp3) is 0.421. The Morgan fingerprint density at radius 3 is 2.88 bits per heavy atom. The summed E-state index contributed by atoms with van der Waals surface area (Å²) in [4.78, 5) is 12.7. The first-order valence-electron chi connectivity index (χ1n) is 9.05.